The van der Waals surface area contributed by atoms with Crippen LogP contribution in [0, 0.1) is 0 Å². The summed E-state index contributed by atoms with van der Waals surface area (Å²) < 4.78 is 0. The minimum Gasteiger partial charge on any atom is -0.323 e. The Morgan fingerprint density at radius 3 is 2.35 bits per heavy atom. The van der Waals surface area contributed by atoms with Crippen LogP contribution in [0.15, 0.2) is 42.6 Å². The third kappa shape index (κ3) is 2.93. The number of halogens is 1. The highest BCUT2D eigenvalue weighted by atomic mass is 35.5. The molecule has 116 valence electrons. The van der Waals surface area contributed by atoms with Crippen LogP contribution in [0.25, 0.3) is 0 Å². The molecule has 1 N–H and O–H groups in total. The van der Waals surface area contributed by atoms with Crippen molar-refractivity contribution < 1.29 is 14.4 Å². The summed E-state index contributed by atoms with van der Waals surface area (Å²) >= 11 is 5.86. The molecule has 2 heterocycles. The first kappa shape index (κ1) is 15.2. The van der Waals surface area contributed by atoms with Crippen LogP contribution >= 0.6 is 11.6 Å². The molecule has 3 rings (SSSR count). The van der Waals surface area contributed by atoms with Gasteiger partial charge in [-0.3, -0.25) is 19.3 Å². The van der Waals surface area contributed by atoms with E-state index in [2.05, 4.69) is 10.3 Å². The van der Waals surface area contributed by atoms with Crippen molar-refractivity contribution in [3.05, 3.63) is 58.9 Å². The van der Waals surface area contributed by atoms with Gasteiger partial charge >= 0.3 is 0 Å². The third-order valence-corrected chi connectivity index (χ3v) is 3.78. The lowest BCUT2D eigenvalue weighted by molar-refractivity contribution is -0.116. The Bertz CT molecular complexity index is 772. The highest BCUT2D eigenvalue weighted by Crippen LogP contribution is 2.23. The number of carbonyl (C=O) groups is 3. The first-order valence-corrected chi connectivity index (χ1v) is 7.31. The second-order valence-electron chi connectivity index (χ2n) is 4.95. The Hall–Kier alpha value is -2.73. The highest BCUT2D eigenvalue weighted by Gasteiger charge is 2.34. The molecular weight excluding hydrogens is 318 g/mol. The highest BCUT2D eigenvalue weighted by molar-refractivity contribution is 6.32. The van der Waals surface area contributed by atoms with Gasteiger partial charge in [0, 0.05) is 19.2 Å². The standard InChI is InChI=1S/C16H12ClN3O3/c17-14-12(6-3-8-18-14)19-13(21)7-9-20-15(22)10-4-1-2-5-11(10)16(20)23/h1-6,8H,7,9H2,(H,19,21). The van der Waals surface area contributed by atoms with Gasteiger partial charge in [0.1, 0.15) is 0 Å². The van der Waals surface area contributed by atoms with Gasteiger partial charge in [0.25, 0.3) is 11.8 Å². The predicted octanol–water partition coefficient (Wildman–Crippen LogP) is 2.36. The number of carbonyl (C=O) groups excluding carboxylic acids is 3. The molecule has 0 bridgehead atoms. The van der Waals surface area contributed by atoms with Crippen molar-refractivity contribution in [2.24, 2.45) is 0 Å². The van der Waals surface area contributed by atoms with Crippen LogP contribution in [0.3, 0.4) is 0 Å². The maximum Gasteiger partial charge on any atom is 0.261 e. The van der Waals surface area contributed by atoms with Gasteiger partial charge in [0.15, 0.2) is 5.15 Å². The number of benzene rings is 1. The number of fused-ring (bicyclic) bond motifs is 1. The van der Waals surface area contributed by atoms with Crippen LogP contribution in [-0.4, -0.2) is 34.2 Å². The Kier molecular flexibility index (Phi) is 4.08. The molecule has 1 aromatic heterocycles. The molecule has 6 nitrogen and oxygen atoms in total. The van der Waals surface area contributed by atoms with Gasteiger partial charge in [-0.05, 0) is 24.3 Å². The van der Waals surface area contributed by atoms with E-state index in [4.69, 9.17) is 11.6 Å². The second-order valence-corrected chi connectivity index (χ2v) is 5.31. The summed E-state index contributed by atoms with van der Waals surface area (Å²) in [5.41, 5.74) is 1.13. The van der Waals surface area contributed by atoms with E-state index in [9.17, 15) is 14.4 Å². The van der Waals surface area contributed by atoms with Crippen molar-refractivity contribution in [3.8, 4) is 0 Å². The van der Waals surface area contributed by atoms with Crippen molar-refractivity contribution >= 4 is 35.0 Å². The number of pyridine rings is 1. The van der Waals surface area contributed by atoms with Crippen LogP contribution in [0.5, 0.6) is 0 Å². The summed E-state index contributed by atoms with van der Waals surface area (Å²) in [5.74, 6) is -1.10. The number of hydrogen-bond acceptors (Lipinski definition) is 4. The van der Waals surface area contributed by atoms with Crippen LogP contribution < -0.4 is 5.32 Å². The van der Waals surface area contributed by atoms with E-state index in [0.29, 0.717) is 16.8 Å². The molecule has 0 radical (unpaired) electrons. The molecule has 0 spiro atoms. The lowest BCUT2D eigenvalue weighted by atomic mass is 10.1. The van der Waals surface area contributed by atoms with Crippen LogP contribution in [0.1, 0.15) is 27.1 Å². The summed E-state index contributed by atoms with van der Waals surface area (Å²) in [6.45, 7) is 0.00998. The number of amides is 3. The molecule has 1 aliphatic heterocycles. The SMILES string of the molecule is O=C(CCN1C(=O)c2ccccc2C1=O)Nc1cccnc1Cl. The number of imide groups is 1. The van der Waals surface area contributed by atoms with Crippen LogP contribution in [-0.2, 0) is 4.79 Å². The van der Waals surface area contributed by atoms with E-state index >= 15 is 0 Å². The molecule has 0 saturated carbocycles. The second kappa shape index (κ2) is 6.18. The van der Waals surface area contributed by atoms with Gasteiger partial charge in [-0.25, -0.2) is 4.98 Å². The molecule has 0 saturated heterocycles. The number of rotatable bonds is 4. The summed E-state index contributed by atoms with van der Waals surface area (Å²) in [6.07, 6.45) is 1.49. The molecule has 3 amide bonds. The Morgan fingerprint density at radius 1 is 1.09 bits per heavy atom. The zero-order valence-corrected chi connectivity index (χ0v) is 12.7. The Labute approximate surface area is 137 Å². The van der Waals surface area contributed by atoms with Crippen molar-refractivity contribution in [2.75, 3.05) is 11.9 Å². The average molecular weight is 330 g/mol. The fourth-order valence-electron chi connectivity index (χ4n) is 2.35. The average Bonchev–Trinajstić information content (AvgIpc) is 2.80. The van der Waals surface area contributed by atoms with Crippen LogP contribution in [0.2, 0.25) is 5.15 Å². The van der Waals surface area contributed by atoms with Gasteiger partial charge in [-0.1, -0.05) is 23.7 Å². The molecule has 0 aliphatic carbocycles. The first-order valence-electron chi connectivity index (χ1n) is 6.93. The summed E-state index contributed by atoms with van der Waals surface area (Å²) in [5, 5.41) is 2.78. The minimum atomic E-state index is -0.377. The van der Waals surface area contributed by atoms with Gasteiger partial charge < -0.3 is 5.32 Å². The fraction of sp³-hybridized carbons (Fsp3) is 0.125. The van der Waals surface area contributed by atoms with E-state index in [0.717, 1.165) is 4.90 Å². The van der Waals surface area contributed by atoms with Gasteiger partial charge in [0.2, 0.25) is 5.91 Å². The third-order valence-electron chi connectivity index (χ3n) is 3.47. The lowest BCUT2D eigenvalue weighted by Gasteiger charge is -2.13. The van der Waals surface area contributed by atoms with Gasteiger partial charge in [-0.2, -0.15) is 0 Å². The molecule has 0 fully saturated rings. The zero-order chi connectivity index (χ0) is 16.4. The van der Waals surface area contributed by atoms with E-state index in [-0.39, 0.29) is 35.8 Å². The van der Waals surface area contributed by atoms with Crippen molar-refractivity contribution in [3.63, 3.8) is 0 Å². The largest absolute Gasteiger partial charge is 0.323 e. The maximum atomic E-state index is 12.2. The molecule has 1 aliphatic rings. The van der Waals surface area contributed by atoms with Crippen molar-refractivity contribution in [2.45, 2.75) is 6.42 Å². The van der Waals surface area contributed by atoms with Crippen molar-refractivity contribution in [1.29, 1.82) is 0 Å². The van der Waals surface area contributed by atoms with E-state index in [1.165, 1.54) is 6.20 Å². The fourth-order valence-corrected chi connectivity index (χ4v) is 2.51. The topological polar surface area (TPSA) is 79.4 Å². The zero-order valence-electron chi connectivity index (χ0n) is 12.0. The Morgan fingerprint density at radius 2 is 1.74 bits per heavy atom. The van der Waals surface area contributed by atoms with E-state index in [1.807, 2.05) is 0 Å². The Balaban J connectivity index is 1.63. The van der Waals surface area contributed by atoms with Gasteiger partial charge in [0.05, 0.1) is 16.8 Å². The van der Waals surface area contributed by atoms with E-state index < -0.39 is 0 Å². The maximum absolute atomic E-state index is 12.2. The van der Waals surface area contributed by atoms with Gasteiger partial charge in [-0.15, -0.1) is 0 Å². The smallest absolute Gasteiger partial charge is 0.261 e. The molecule has 23 heavy (non-hydrogen) atoms. The van der Waals surface area contributed by atoms with E-state index in [1.54, 1.807) is 36.4 Å². The summed E-state index contributed by atoms with van der Waals surface area (Å²) in [4.78, 5) is 41.2. The summed E-state index contributed by atoms with van der Waals surface area (Å²) in [6, 6.07) is 9.87. The monoisotopic (exact) mass is 329 g/mol. The first-order chi connectivity index (χ1) is 11.1. The lowest BCUT2D eigenvalue weighted by Crippen LogP contribution is -2.32. The molecule has 0 atom stereocenters. The molecular formula is C16H12ClN3O3. The molecule has 0 unspecified atom stereocenters. The molecule has 7 heteroatoms. The quantitative estimate of drug-likeness (QED) is 0.690. The summed E-state index contributed by atoms with van der Waals surface area (Å²) in [7, 11) is 0. The van der Waals surface area contributed by atoms with Crippen LogP contribution in [0.4, 0.5) is 5.69 Å². The number of aromatic nitrogens is 1. The number of nitrogens with one attached hydrogen (secondary N) is 1. The normalized spacial score (nSPS) is 13.2. The minimum absolute atomic E-state index is 0.00998. The number of hydrogen-bond donors (Lipinski definition) is 1. The predicted molar refractivity (Wildman–Crippen MR) is 84.3 cm³/mol. The number of anilines is 1. The molecule has 1 aromatic carbocycles. The van der Waals surface area contributed by atoms with Crippen molar-refractivity contribution in [1.82, 2.24) is 9.88 Å². The molecule has 2 aromatic rings. The number of nitrogens with zero attached hydrogens (tertiary/aromatic N) is 2.